The van der Waals surface area contributed by atoms with E-state index in [4.69, 9.17) is 0 Å². The van der Waals surface area contributed by atoms with Gasteiger partial charge in [-0.05, 0) is 23.3 Å². The average Bonchev–Trinajstić information content (AvgIpc) is 2.54. The van der Waals surface area contributed by atoms with E-state index in [1.54, 1.807) is 18.0 Å². The SMILES string of the molecule is CN(C)c1ncncc1NC(=O)C1SCCc2ccccc21. The largest absolute Gasteiger partial charge is 0.361 e. The fourth-order valence-corrected chi connectivity index (χ4v) is 3.77. The first-order chi connectivity index (χ1) is 10.7. The summed E-state index contributed by atoms with van der Waals surface area (Å²) in [6.45, 7) is 0. The number of aromatic nitrogens is 2. The van der Waals surface area contributed by atoms with Crippen molar-refractivity contribution < 1.29 is 4.79 Å². The van der Waals surface area contributed by atoms with Crippen molar-refractivity contribution in [3.05, 3.63) is 47.9 Å². The summed E-state index contributed by atoms with van der Waals surface area (Å²) in [4.78, 5) is 22.8. The lowest BCUT2D eigenvalue weighted by molar-refractivity contribution is -0.115. The van der Waals surface area contributed by atoms with Crippen LogP contribution in [-0.2, 0) is 11.2 Å². The number of aryl methyl sites for hydroxylation is 1. The number of hydrogen-bond donors (Lipinski definition) is 1. The molecule has 0 spiro atoms. The molecule has 2 heterocycles. The third-order valence-electron chi connectivity index (χ3n) is 3.60. The first-order valence-electron chi connectivity index (χ1n) is 7.14. The van der Waals surface area contributed by atoms with Gasteiger partial charge < -0.3 is 10.2 Å². The van der Waals surface area contributed by atoms with Gasteiger partial charge in [-0.25, -0.2) is 9.97 Å². The van der Waals surface area contributed by atoms with E-state index < -0.39 is 0 Å². The maximum Gasteiger partial charge on any atom is 0.242 e. The van der Waals surface area contributed by atoms with Gasteiger partial charge in [0.05, 0.1) is 6.20 Å². The van der Waals surface area contributed by atoms with E-state index in [-0.39, 0.29) is 11.2 Å². The van der Waals surface area contributed by atoms with Crippen LogP contribution >= 0.6 is 11.8 Å². The second-order valence-electron chi connectivity index (χ2n) is 5.34. The third-order valence-corrected chi connectivity index (χ3v) is 4.85. The summed E-state index contributed by atoms with van der Waals surface area (Å²) in [5.74, 6) is 1.65. The molecule has 6 heteroatoms. The Morgan fingerprint density at radius 1 is 1.36 bits per heavy atom. The number of nitrogens with one attached hydrogen (secondary N) is 1. The van der Waals surface area contributed by atoms with E-state index in [0.717, 1.165) is 17.7 Å². The van der Waals surface area contributed by atoms with Crippen LogP contribution in [0.25, 0.3) is 0 Å². The molecule has 5 nitrogen and oxygen atoms in total. The third kappa shape index (κ3) is 2.92. The Kier molecular flexibility index (Phi) is 4.29. The van der Waals surface area contributed by atoms with Crippen molar-refractivity contribution in [2.24, 2.45) is 0 Å². The molecule has 0 bridgehead atoms. The highest BCUT2D eigenvalue weighted by atomic mass is 32.2. The van der Waals surface area contributed by atoms with Crippen LogP contribution in [0.3, 0.4) is 0 Å². The number of anilines is 2. The molecule has 22 heavy (non-hydrogen) atoms. The molecule has 0 aliphatic carbocycles. The van der Waals surface area contributed by atoms with Crippen LogP contribution < -0.4 is 10.2 Å². The topological polar surface area (TPSA) is 58.1 Å². The Morgan fingerprint density at radius 2 is 2.18 bits per heavy atom. The predicted molar refractivity (Wildman–Crippen MR) is 90.3 cm³/mol. The van der Waals surface area contributed by atoms with Crippen molar-refractivity contribution in [3.63, 3.8) is 0 Å². The number of amides is 1. The highest BCUT2D eigenvalue weighted by Gasteiger charge is 2.27. The van der Waals surface area contributed by atoms with Crippen LogP contribution in [-0.4, -0.2) is 35.7 Å². The van der Waals surface area contributed by atoms with Crippen molar-refractivity contribution >= 4 is 29.2 Å². The molecule has 0 radical (unpaired) electrons. The van der Waals surface area contributed by atoms with Gasteiger partial charge in [-0.3, -0.25) is 4.79 Å². The molecular formula is C16H18N4OS. The van der Waals surface area contributed by atoms with Gasteiger partial charge in [0, 0.05) is 14.1 Å². The molecule has 1 amide bonds. The fraction of sp³-hybridized carbons (Fsp3) is 0.312. The summed E-state index contributed by atoms with van der Waals surface area (Å²) in [5.41, 5.74) is 3.01. The number of thioether (sulfide) groups is 1. The summed E-state index contributed by atoms with van der Waals surface area (Å²) in [6, 6.07) is 8.16. The van der Waals surface area contributed by atoms with E-state index in [2.05, 4.69) is 21.4 Å². The first kappa shape index (κ1) is 14.8. The molecular weight excluding hydrogens is 296 g/mol. The Balaban J connectivity index is 1.85. The summed E-state index contributed by atoms with van der Waals surface area (Å²) < 4.78 is 0. The van der Waals surface area contributed by atoms with Gasteiger partial charge >= 0.3 is 0 Å². The Labute approximate surface area is 134 Å². The maximum absolute atomic E-state index is 12.7. The van der Waals surface area contributed by atoms with Gasteiger partial charge in [0.1, 0.15) is 17.3 Å². The minimum atomic E-state index is -0.180. The number of carbonyl (C=O) groups excluding carboxylic acids is 1. The molecule has 0 fully saturated rings. The fourth-order valence-electron chi connectivity index (χ4n) is 2.58. The smallest absolute Gasteiger partial charge is 0.242 e. The number of benzene rings is 1. The van der Waals surface area contributed by atoms with Crippen molar-refractivity contribution in [2.45, 2.75) is 11.7 Å². The summed E-state index contributed by atoms with van der Waals surface area (Å²) in [6.07, 6.45) is 4.14. The number of rotatable bonds is 3. The normalized spacial score (nSPS) is 16.7. The van der Waals surface area contributed by atoms with Crippen LogP contribution in [0, 0.1) is 0 Å². The zero-order chi connectivity index (χ0) is 15.5. The molecule has 1 atom stereocenters. The first-order valence-corrected chi connectivity index (χ1v) is 8.19. The molecule has 1 unspecified atom stereocenters. The van der Waals surface area contributed by atoms with Crippen LogP contribution in [0.2, 0.25) is 0 Å². The van der Waals surface area contributed by atoms with Crippen LogP contribution in [0.15, 0.2) is 36.8 Å². The molecule has 2 aromatic rings. The summed E-state index contributed by atoms with van der Waals surface area (Å²) in [7, 11) is 3.78. The van der Waals surface area contributed by atoms with Crippen LogP contribution in [0.5, 0.6) is 0 Å². The average molecular weight is 314 g/mol. The van der Waals surface area contributed by atoms with E-state index >= 15 is 0 Å². The van der Waals surface area contributed by atoms with Gasteiger partial charge in [0.25, 0.3) is 0 Å². The van der Waals surface area contributed by atoms with Crippen molar-refractivity contribution in [2.75, 3.05) is 30.1 Å². The molecule has 0 saturated carbocycles. The molecule has 0 saturated heterocycles. The molecule has 1 aliphatic rings. The van der Waals surface area contributed by atoms with Gasteiger partial charge in [-0.15, -0.1) is 11.8 Å². The van der Waals surface area contributed by atoms with Crippen molar-refractivity contribution in [1.82, 2.24) is 9.97 Å². The standard InChI is InChI=1S/C16H18N4OS/c1-20(2)15-13(9-17-10-18-15)19-16(21)14-12-6-4-3-5-11(12)7-8-22-14/h3-6,9-10,14H,7-8H2,1-2H3,(H,19,21). The van der Waals surface area contributed by atoms with Crippen LogP contribution in [0.1, 0.15) is 16.4 Å². The minimum absolute atomic E-state index is 0.0185. The second-order valence-corrected chi connectivity index (χ2v) is 6.56. The number of fused-ring (bicyclic) bond motifs is 1. The summed E-state index contributed by atoms with van der Waals surface area (Å²) >= 11 is 1.68. The predicted octanol–water partition coefficient (Wildman–Crippen LogP) is 2.51. The van der Waals surface area contributed by atoms with E-state index in [9.17, 15) is 4.79 Å². The molecule has 1 aromatic heterocycles. The molecule has 3 rings (SSSR count). The monoisotopic (exact) mass is 314 g/mol. The Hall–Kier alpha value is -2.08. The van der Waals surface area contributed by atoms with E-state index in [1.807, 2.05) is 37.2 Å². The zero-order valence-corrected chi connectivity index (χ0v) is 13.4. The molecule has 114 valence electrons. The molecule has 1 N–H and O–H groups in total. The summed E-state index contributed by atoms with van der Waals surface area (Å²) in [5, 5.41) is 2.80. The lowest BCUT2D eigenvalue weighted by Gasteiger charge is -2.25. The lowest BCUT2D eigenvalue weighted by atomic mass is 10.0. The van der Waals surface area contributed by atoms with Gasteiger partial charge in [0.15, 0.2) is 5.82 Å². The molecule has 1 aromatic carbocycles. The lowest BCUT2D eigenvalue weighted by Crippen LogP contribution is -2.24. The van der Waals surface area contributed by atoms with Crippen molar-refractivity contribution in [3.8, 4) is 0 Å². The highest BCUT2D eigenvalue weighted by molar-refractivity contribution is 8.00. The van der Waals surface area contributed by atoms with Gasteiger partial charge in [-0.1, -0.05) is 24.3 Å². The van der Waals surface area contributed by atoms with Gasteiger partial charge in [0.2, 0.25) is 5.91 Å². The number of hydrogen-bond acceptors (Lipinski definition) is 5. The van der Waals surface area contributed by atoms with Crippen molar-refractivity contribution in [1.29, 1.82) is 0 Å². The van der Waals surface area contributed by atoms with E-state index in [1.165, 1.54) is 11.9 Å². The number of carbonyl (C=O) groups is 1. The second kappa shape index (κ2) is 6.36. The Bertz CT molecular complexity index is 689. The van der Waals surface area contributed by atoms with Gasteiger partial charge in [-0.2, -0.15) is 0 Å². The zero-order valence-electron chi connectivity index (χ0n) is 12.6. The maximum atomic E-state index is 12.7. The van der Waals surface area contributed by atoms with Crippen LogP contribution in [0.4, 0.5) is 11.5 Å². The Morgan fingerprint density at radius 3 is 3.00 bits per heavy atom. The quantitative estimate of drug-likeness (QED) is 0.943. The highest BCUT2D eigenvalue weighted by Crippen LogP contribution is 2.37. The molecule has 1 aliphatic heterocycles. The minimum Gasteiger partial charge on any atom is -0.361 e. The number of nitrogens with zero attached hydrogens (tertiary/aromatic N) is 3. The van der Waals surface area contributed by atoms with E-state index in [0.29, 0.717) is 11.5 Å².